The number of piperidine rings is 1. The summed E-state index contributed by atoms with van der Waals surface area (Å²) in [4.78, 5) is 18.8. The lowest BCUT2D eigenvalue weighted by molar-refractivity contribution is -0.120. The largest absolute Gasteiger partial charge is 0.302 e. The number of thiazole rings is 1. The minimum absolute atomic E-state index is 0.0857. The van der Waals surface area contributed by atoms with E-state index in [4.69, 9.17) is 0 Å². The second kappa shape index (κ2) is 9.52. The Kier molecular flexibility index (Phi) is 6.74. The highest BCUT2D eigenvalue weighted by atomic mass is 32.2. The van der Waals surface area contributed by atoms with E-state index >= 15 is 0 Å². The maximum Gasteiger partial charge on any atom is 0.243 e. The molecule has 2 heterocycles. The Balaban J connectivity index is 1.35. The molecule has 2 aromatic carbocycles. The molecular formula is C24H27N3O3S2. The van der Waals surface area contributed by atoms with E-state index in [1.54, 1.807) is 30.3 Å². The Morgan fingerprint density at radius 1 is 1.06 bits per heavy atom. The maximum absolute atomic E-state index is 12.8. The average molecular weight is 470 g/mol. The van der Waals surface area contributed by atoms with Gasteiger partial charge >= 0.3 is 0 Å². The topological polar surface area (TPSA) is 79.4 Å². The van der Waals surface area contributed by atoms with Gasteiger partial charge in [0, 0.05) is 30.3 Å². The van der Waals surface area contributed by atoms with Crippen LogP contribution >= 0.6 is 11.3 Å². The normalized spacial score (nSPS) is 15.6. The number of aryl methyl sites for hydroxylation is 2. The molecule has 3 aromatic rings. The van der Waals surface area contributed by atoms with Crippen LogP contribution in [0.3, 0.4) is 0 Å². The predicted octanol–water partition coefficient (Wildman–Crippen LogP) is 4.39. The van der Waals surface area contributed by atoms with Crippen molar-refractivity contribution in [2.24, 2.45) is 5.92 Å². The zero-order valence-electron chi connectivity index (χ0n) is 18.2. The Labute approximate surface area is 193 Å². The van der Waals surface area contributed by atoms with Crippen LogP contribution in [-0.4, -0.2) is 36.7 Å². The number of carbonyl (C=O) groups is 1. The van der Waals surface area contributed by atoms with Gasteiger partial charge in [0.2, 0.25) is 15.9 Å². The summed E-state index contributed by atoms with van der Waals surface area (Å²) in [6.07, 6.45) is 1.78. The van der Waals surface area contributed by atoms with Crippen LogP contribution < -0.4 is 5.32 Å². The third kappa shape index (κ3) is 5.09. The van der Waals surface area contributed by atoms with Gasteiger partial charge in [-0.15, -0.1) is 11.3 Å². The van der Waals surface area contributed by atoms with E-state index in [0.29, 0.717) is 36.0 Å². The second-order valence-corrected chi connectivity index (χ2v) is 11.2. The van der Waals surface area contributed by atoms with Crippen LogP contribution in [0.15, 0.2) is 59.5 Å². The average Bonchev–Trinajstić information content (AvgIpc) is 3.14. The first-order valence-electron chi connectivity index (χ1n) is 10.7. The van der Waals surface area contributed by atoms with E-state index in [0.717, 1.165) is 17.0 Å². The molecule has 1 aromatic heterocycles. The molecule has 0 bridgehead atoms. The van der Waals surface area contributed by atoms with Crippen molar-refractivity contribution >= 4 is 32.4 Å². The molecule has 1 saturated heterocycles. The standard InChI is InChI=1S/C24H27N3O3S2/c1-17-8-10-19(11-9-17)16-22-18(2)25-24(31-22)26-23(28)20-12-14-27(15-13-20)32(29,30)21-6-4-3-5-7-21/h3-11,20H,12-16H2,1-2H3,(H,25,26,28). The number of hydrogen-bond donors (Lipinski definition) is 1. The summed E-state index contributed by atoms with van der Waals surface area (Å²) in [5, 5.41) is 3.56. The Hall–Kier alpha value is -2.55. The van der Waals surface area contributed by atoms with Gasteiger partial charge in [-0.3, -0.25) is 4.79 Å². The predicted molar refractivity (Wildman–Crippen MR) is 127 cm³/mol. The molecule has 8 heteroatoms. The van der Waals surface area contributed by atoms with Crippen molar-refractivity contribution in [3.05, 3.63) is 76.3 Å². The van der Waals surface area contributed by atoms with Crippen LogP contribution in [0.2, 0.25) is 0 Å². The smallest absolute Gasteiger partial charge is 0.243 e. The third-order valence-corrected chi connectivity index (χ3v) is 8.80. The zero-order valence-corrected chi connectivity index (χ0v) is 19.9. The molecular weight excluding hydrogens is 442 g/mol. The molecule has 1 fully saturated rings. The van der Waals surface area contributed by atoms with E-state index in [1.165, 1.54) is 26.8 Å². The van der Waals surface area contributed by atoms with E-state index in [1.807, 2.05) is 6.92 Å². The van der Waals surface area contributed by atoms with Crippen molar-refractivity contribution in [1.29, 1.82) is 0 Å². The summed E-state index contributed by atoms with van der Waals surface area (Å²) in [5.74, 6) is -0.306. The van der Waals surface area contributed by atoms with Crippen LogP contribution in [0.1, 0.15) is 34.5 Å². The number of benzene rings is 2. The number of rotatable bonds is 6. The number of anilines is 1. The molecule has 0 unspecified atom stereocenters. The van der Waals surface area contributed by atoms with Gasteiger partial charge in [-0.1, -0.05) is 48.0 Å². The molecule has 1 N–H and O–H groups in total. The maximum atomic E-state index is 12.8. The minimum Gasteiger partial charge on any atom is -0.302 e. The number of carbonyl (C=O) groups excluding carboxylic acids is 1. The molecule has 1 amide bonds. The number of sulfonamides is 1. The number of nitrogens with zero attached hydrogens (tertiary/aromatic N) is 2. The van der Waals surface area contributed by atoms with Crippen LogP contribution in [0.25, 0.3) is 0 Å². The fraction of sp³-hybridized carbons (Fsp3) is 0.333. The molecule has 0 aliphatic carbocycles. The van der Waals surface area contributed by atoms with Gasteiger partial charge < -0.3 is 5.32 Å². The number of nitrogens with one attached hydrogen (secondary N) is 1. The van der Waals surface area contributed by atoms with Crippen molar-refractivity contribution < 1.29 is 13.2 Å². The summed E-state index contributed by atoms with van der Waals surface area (Å²) in [6, 6.07) is 16.9. The lowest BCUT2D eigenvalue weighted by Crippen LogP contribution is -2.41. The Bertz CT molecular complexity index is 1180. The second-order valence-electron chi connectivity index (χ2n) is 8.17. The molecule has 168 valence electrons. The van der Waals surface area contributed by atoms with Crippen molar-refractivity contribution in [2.75, 3.05) is 18.4 Å². The van der Waals surface area contributed by atoms with Crippen molar-refractivity contribution in [2.45, 2.75) is 38.0 Å². The number of aromatic nitrogens is 1. The quantitative estimate of drug-likeness (QED) is 0.581. The van der Waals surface area contributed by atoms with Gasteiger partial charge in [-0.05, 0) is 44.4 Å². The van der Waals surface area contributed by atoms with Crippen LogP contribution in [0.4, 0.5) is 5.13 Å². The number of amides is 1. The highest BCUT2D eigenvalue weighted by Gasteiger charge is 2.32. The van der Waals surface area contributed by atoms with Crippen LogP contribution in [0, 0.1) is 19.8 Å². The first kappa shape index (κ1) is 22.6. The summed E-state index contributed by atoms with van der Waals surface area (Å²) in [5.41, 5.74) is 3.37. The minimum atomic E-state index is -3.51. The first-order valence-corrected chi connectivity index (χ1v) is 13.0. The van der Waals surface area contributed by atoms with E-state index in [-0.39, 0.29) is 11.8 Å². The SMILES string of the molecule is Cc1ccc(Cc2sc(NC(=O)C3CCN(S(=O)(=O)c4ccccc4)CC3)nc2C)cc1. The monoisotopic (exact) mass is 469 g/mol. The van der Waals surface area contributed by atoms with E-state index in [2.05, 4.69) is 41.5 Å². The highest BCUT2D eigenvalue weighted by molar-refractivity contribution is 7.89. The summed E-state index contributed by atoms with van der Waals surface area (Å²) in [6.45, 7) is 4.70. The van der Waals surface area contributed by atoms with Gasteiger partial charge in [0.1, 0.15) is 0 Å². The van der Waals surface area contributed by atoms with Crippen molar-refractivity contribution in [3.63, 3.8) is 0 Å². The first-order chi connectivity index (χ1) is 15.3. The molecule has 1 aliphatic heterocycles. The lowest BCUT2D eigenvalue weighted by Gasteiger charge is -2.30. The van der Waals surface area contributed by atoms with Crippen LogP contribution in [0.5, 0.6) is 0 Å². The zero-order chi connectivity index (χ0) is 22.7. The fourth-order valence-electron chi connectivity index (χ4n) is 3.84. The van der Waals surface area contributed by atoms with Gasteiger partial charge in [0.25, 0.3) is 0 Å². The van der Waals surface area contributed by atoms with Crippen LogP contribution in [-0.2, 0) is 21.2 Å². The van der Waals surface area contributed by atoms with Crippen molar-refractivity contribution in [1.82, 2.24) is 9.29 Å². The molecule has 0 radical (unpaired) electrons. The summed E-state index contributed by atoms with van der Waals surface area (Å²) in [7, 11) is -3.51. The van der Waals surface area contributed by atoms with Gasteiger partial charge in [-0.2, -0.15) is 4.31 Å². The molecule has 6 nitrogen and oxygen atoms in total. The molecule has 0 saturated carbocycles. The molecule has 32 heavy (non-hydrogen) atoms. The molecule has 1 aliphatic rings. The molecule has 0 atom stereocenters. The lowest BCUT2D eigenvalue weighted by atomic mass is 9.97. The van der Waals surface area contributed by atoms with Gasteiger partial charge in [0.15, 0.2) is 5.13 Å². The fourth-order valence-corrected chi connectivity index (χ4v) is 6.33. The third-order valence-electron chi connectivity index (χ3n) is 5.81. The Morgan fingerprint density at radius 3 is 2.38 bits per heavy atom. The highest BCUT2D eigenvalue weighted by Crippen LogP contribution is 2.28. The number of hydrogen-bond acceptors (Lipinski definition) is 5. The van der Waals surface area contributed by atoms with Crippen molar-refractivity contribution in [3.8, 4) is 0 Å². The van der Waals surface area contributed by atoms with Gasteiger partial charge in [0.05, 0.1) is 10.6 Å². The van der Waals surface area contributed by atoms with Gasteiger partial charge in [-0.25, -0.2) is 13.4 Å². The molecule has 0 spiro atoms. The van der Waals surface area contributed by atoms with E-state index < -0.39 is 10.0 Å². The summed E-state index contributed by atoms with van der Waals surface area (Å²) < 4.78 is 27.0. The summed E-state index contributed by atoms with van der Waals surface area (Å²) >= 11 is 1.50. The Morgan fingerprint density at radius 2 is 1.72 bits per heavy atom. The molecule has 4 rings (SSSR count). The van der Waals surface area contributed by atoms with E-state index in [9.17, 15) is 13.2 Å².